The molecule has 3 unspecified atom stereocenters. The normalized spacial score (nSPS) is 25.6. The average Bonchev–Trinajstić information content (AvgIpc) is 2.44. The lowest BCUT2D eigenvalue weighted by Crippen LogP contribution is -2.53. The van der Waals surface area contributed by atoms with Crippen LogP contribution in [0.3, 0.4) is 0 Å². The highest BCUT2D eigenvalue weighted by molar-refractivity contribution is 4.89. The number of rotatable bonds is 8. The Morgan fingerprint density at radius 3 is 2.75 bits per heavy atom. The van der Waals surface area contributed by atoms with Crippen molar-refractivity contribution >= 4 is 0 Å². The zero-order valence-corrected chi connectivity index (χ0v) is 14.2. The van der Waals surface area contributed by atoms with Crippen molar-refractivity contribution in [2.75, 3.05) is 40.3 Å². The van der Waals surface area contributed by atoms with Crippen molar-refractivity contribution in [3.05, 3.63) is 0 Å². The molecule has 120 valence electrons. The summed E-state index contributed by atoms with van der Waals surface area (Å²) in [6.07, 6.45) is 4.68. The number of nitrogens with one attached hydrogen (secondary N) is 1. The molecule has 4 heteroatoms. The van der Waals surface area contributed by atoms with Gasteiger partial charge in [-0.05, 0) is 66.7 Å². The SMILES string of the molecule is CCCNC(C)(CO)CC(C)N(C)C1CCCN(C)C1. The first-order chi connectivity index (χ1) is 9.41. The number of hydrogen-bond acceptors (Lipinski definition) is 4. The van der Waals surface area contributed by atoms with E-state index in [0.717, 1.165) is 19.4 Å². The van der Waals surface area contributed by atoms with Gasteiger partial charge in [0.1, 0.15) is 0 Å². The Kier molecular flexibility index (Phi) is 7.45. The highest BCUT2D eigenvalue weighted by atomic mass is 16.3. The number of hydrogen-bond donors (Lipinski definition) is 2. The predicted molar refractivity (Wildman–Crippen MR) is 86.1 cm³/mol. The molecular weight excluding hydrogens is 250 g/mol. The van der Waals surface area contributed by atoms with Crippen LogP contribution in [0.1, 0.15) is 46.5 Å². The molecule has 1 heterocycles. The summed E-state index contributed by atoms with van der Waals surface area (Å²) in [6.45, 7) is 10.2. The van der Waals surface area contributed by atoms with E-state index in [0.29, 0.717) is 12.1 Å². The monoisotopic (exact) mass is 285 g/mol. The van der Waals surface area contributed by atoms with Crippen LogP contribution in [0, 0.1) is 0 Å². The molecule has 20 heavy (non-hydrogen) atoms. The second-order valence-electron chi connectivity index (χ2n) is 6.92. The van der Waals surface area contributed by atoms with Gasteiger partial charge in [-0.1, -0.05) is 6.92 Å². The maximum absolute atomic E-state index is 9.71. The molecule has 1 aliphatic rings. The molecule has 0 radical (unpaired) electrons. The van der Waals surface area contributed by atoms with Gasteiger partial charge in [0.25, 0.3) is 0 Å². The molecule has 4 nitrogen and oxygen atoms in total. The third kappa shape index (κ3) is 5.32. The summed E-state index contributed by atoms with van der Waals surface area (Å²) in [5.74, 6) is 0. The highest BCUT2D eigenvalue weighted by Gasteiger charge is 2.30. The Morgan fingerprint density at radius 2 is 2.20 bits per heavy atom. The Hall–Kier alpha value is -0.160. The number of likely N-dealkylation sites (tertiary alicyclic amines) is 1. The van der Waals surface area contributed by atoms with E-state index in [1.807, 2.05) is 0 Å². The van der Waals surface area contributed by atoms with Crippen LogP contribution in [0.15, 0.2) is 0 Å². The summed E-state index contributed by atoms with van der Waals surface area (Å²) >= 11 is 0. The van der Waals surface area contributed by atoms with Crippen LogP contribution in [0.2, 0.25) is 0 Å². The fourth-order valence-corrected chi connectivity index (χ4v) is 3.25. The molecule has 0 saturated carbocycles. The van der Waals surface area contributed by atoms with Gasteiger partial charge in [-0.3, -0.25) is 4.90 Å². The molecule has 1 aliphatic heterocycles. The molecule has 1 rings (SSSR count). The van der Waals surface area contributed by atoms with Crippen LogP contribution in [-0.4, -0.2) is 72.9 Å². The summed E-state index contributed by atoms with van der Waals surface area (Å²) in [7, 11) is 4.46. The van der Waals surface area contributed by atoms with Gasteiger partial charge in [-0.15, -0.1) is 0 Å². The zero-order chi connectivity index (χ0) is 15.2. The van der Waals surface area contributed by atoms with E-state index in [4.69, 9.17) is 0 Å². The standard InChI is InChI=1S/C16H35N3O/c1-6-9-17-16(3,13-20)11-14(2)19(5)15-8-7-10-18(4)12-15/h14-15,17,20H,6-13H2,1-5H3. The summed E-state index contributed by atoms with van der Waals surface area (Å²) in [5, 5.41) is 13.2. The quantitative estimate of drug-likeness (QED) is 0.710. The fraction of sp³-hybridized carbons (Fsp3) is 1.00. The number of likely N-dealkylation sites (N-methyl/N-ethyl adjacent to an activating group) is 2. The molecule has 0 spiro atoms. The first-order valence-electron chi connectivity index (χ1n) is 8.18. The van der Waals surface area contributed by atoms with E-state index >= 15 is 0 Å². The van der Waals surface area contributed by atoms with Crippen LogP contribution in [0.5, 0.6) is 0 Å². The second-order valence-corrected chi connectivity index (χ2v) is 6.92. The predicted octanol–water partition coefficient (Wildman–Crippen LogP) is 1.54. The minimum atomic E-state index is -0.162. The van der Waals surface area contributed by atoms with Crippen LogP contribution in [-0.2, 0) is 0 Å². The summed E-state index contributed by atoms with van der Waals surface area (Å²) in [4.78, 5) is 4.94. The van der Waals surface area contributed by atoms with Gasteiger partial charge in [0.2, 0.25) is 0 Å². The van der Waals surface area contributed by atoms with Gasteiger partial charge < -0.3 is 15.3 Å². The lowest BCUT2D eigenvalue weighted by atomic mass is 9.92. The topological polar surface area (TPSA) is 38.7 Å². The molecule has 0 aliphatic carbocycles. The van der Waals surface area contributed by atoms with E-state index in [2.05, 4.69) is 50.0 Å². The van der Waals surface area contributed by atoms with Crippen molar-refractivity contribution in [1.29, 1.82) is 0 Å². The number of piperidine rings is 1. The molecule has 1 fully saturated rings. The molecular formula is C16H35N3O. The minimum Gasteiger partial charge on any atom is -0.394 e. The molecule has 3 atom stereocenters. The Balaban J connectivity index is 2.52. The first kappa shape index (κ1) is 17.9. The first-order valence-corrected chi connectivity index (χ1v) is 8.18. The summed E-state index contributed by atoms with van der Waals surface area (Å²) in [5.41, 5.74) is -0.162. The van der Waals surface area contributed by atoms with Crippen LogP contribution in [0.4, 0.5) is 0 Å². The molecule has 0 aromatic rings. The van der Waals surface area contributed by atoms with Crippen molar-refractivity contribution in [1.82, 2.24) is 15.1 Å². The second kappa shape index (κ2) is 8.32. The molecule has 0 aromatic heterocycles. The zero-order valence-electron chi connectivity index (χ0n) is 14.2. The van der Waals surface area contributed by atoms with Gasteiger partial charge in [0.05, 0.1) is 6.61 Å². The van der Waals surface area contributed by atoms with E-state index in [9.17, 15) is 5.11 Å². The summed E-state index contributed by atoms with van der Waals surface area (Å²) < 4.78 is 0. The summed E-state index contributed by atoms with van der Waals surface area (Å²) in [6, 6.07) is 1.13. The Labute approximate surface area is 125 Å². The highest BCUT2D eigenvalue weighted by Crippen LogP contribution is 2.21. The number of aliphatic hydroxyl groups excluding tert-OH is 1. The number of nitrogens with zero attached hydrogens (tertiary/aromatic N) is 2. The average molecular weight is 285 g/mol. The van der Waals surface area contributed by atoms with Crippen molar-refractivity contribution in [2.45, 2.75) is 64.1 Å². The Bertz CT molecular complexity index is 274. The minimum absolute atomic E-state index is 0.162. The van der Waals surface area contributed by atoms with E-state index in [1.165, 1.54) is 25.9 Å². The van der Waals surface area contributed by atoms with Gasteiger partial charge in [0, 0.05) is 24.2 Å². The largest absolute Gasteiger partial charge is 0.394 e. The third-order valence-electron chi connectivity index (χ3n) is 4.77. The van der Waals surface area contributed by atoms with Crippen molar-refractivity contribution in [3.8, 4) is 0 Å². The van der Waals surface area contributed by atoms with Crippen LogP contribution >= 0.6 is 0 Å². The molecule has 1 saturated heterocycles. The lowest BCUT2D eigenvalue weighted by molar-refractivity contribution is 0.0735. The molecule has 2 N–H and O–H groups in total. The Morgan fingerprint density at radius 1 is 1.50 bits per heavy atom. The van der Waals surface area contributed by atoms with Crippen molar-refractivity contribution in [2.24, 2.45) is 0 Å². The van der Waals surface area contributed by atoms with Gasteiger partial charge >= 0.3 is 0 Å². The van der Waals surface area contributed by atoms with Crippen LogP contribution in [0.25, 0.3) is 0 Å². The van der Waals surface area contributed by atoms with Crippen molar-refractivity contribution in [3.63, 3.8) is 0 Å². The maximum Gasteiger partial charge on any atom is 0.0611 e. The molecule has 0 amide bonds. The van der Waals surface area contributed by atoms with E-state index < -0.39 is 0 Å². The van der Waals surface area contributed by atoms with Gasteiger partial charge in [-0.25, -0.2) is 0 Å². The van der Waals surface area contributed by atoms with E-state index in [1.54, 1.807) is 0 Å². The fourth-order valence-electron chi connectivity index (χ4n) is 3.25. The smallest absolute Gasteiger partial charge is 0.0611 e. The maximum atomic E-state index is 9.71. The lowest BCUT2D eigenvalue weighted by Gasteiger charge is -2.42. The molecule has 0 bridgehead atoms. The van der Waals surface area contributed by atoms with Crippen molar-refractivity contribution < 1.29 is 5.11 Å². The number of aliphatic hydroxyl groups is 1. The molecule has 0 aromatic carbocycles. The third-order valence-corrected chi connectivity index (χ3v) is 4.77. The van der Waals surface area contributed by atoms with Gasteiger partial charge in [0.15, 0.2) is 0 Å². The van der Waals surface area contributed by atoms with Gasteiger partial charge in [-0.2, -0.15) is 0 Å². The van der Waals surface area contributed by atoms with Crippen LogP contribution < -0.4 is 5.32 Å². The van der Waals surface area contributed by atoms with E-state index in [-0.39, 0.29) is 12.1 Å².